The second-order valence-corrected chi connectivity index (χ2v) is 5.11. The second-order valence-electron chi connectivity index (χ2n) is 5.11. The Morgan fingerprint density at radius 1 is 1.38 bits per heavy atom. The zero-order valence-electron chi connectivity index (χ0n) is 10.7. The minimum Gasteiger partial charge on any atom is -0.480 e. The van der Waals surface area contributed by atoms with Gasteiger partial charge < -0.3 is 15.2 Å². The fourth-order valence-electron chi connectivity index (χ4n) is 3.01. The molecule has 112 valence electrons. The van der Waals surface area contributed by atoms with Crippen LogP contribution in [0.5, 0.6) is 5.75 Å². The summed E-state index contributed by atoms with van der Waals surface area (Å²) in [7, 11) is 0. The summed E-state index contributed by atoms with van der Waals surface area (Å²) in [6.07, 6.45) is -0.458. The van der Waals surface area contributed by atoms with E-state index >= 15 is 0 Å². The summed E-state index contributed by atoms with van der Waals surface area (Å²) in [5, 5.41) is 12.1. The third-order valence-corrected chi connectivity index (χ3v) is 3.83. The van der Waals surface area contributed by atoms with Crippen LogP contribution in [0.15, 0.2) is 30.4 Å². The lowest BCUT2D eigenvalue weighted by Gasteiger charge is -2.34. The van der Waals surface area contributed by atoms with Gasteiger partial charge in [0.05, 0.1) is 0 Å². The Morgan fingerprint density at radius 3 is 2.81 bits per heavy atom. The summed E-state index contributed by atoms with van der Waals surface area (Å²) in [6.45, 7) is 0. The summed E-state index contributed by atoms with van der Waals surface area (Å²) in [5.74, 6) is -1.67. The maximum Gasteiger partial charge on any atom is 0.573 e. The number of aliphatic carboxylic acids is 1. The van der Waals surface area contributed by atoms with Gasteiger partial charge in [-0.3, -0.25) is 0 Å². The van der Waals surface area contributed by atoms with Crippen molar-refractivity contribution in [2.45, 2.75) is 24.7 Å². The van der Waals surface area contributed by atoms with Crippen LogP contribution in [0.1, 0.15) is 17.9 Å². The normalized spacial score (nSPS) is 26.7. The Hall–Kier alpha value is -2.18. The molecule has 0 bridgehead atoms. The van der Waals surface area contributed by atoms with Crippen molar-refractivity contribution in [3.8, 4) is 5.75 Å². The van der Waals surface area contributed by atoms with Gasteiger partial charge in [-0.2, -0.15) is 0 Å². The van der Waals surface area contributed by atoms with Gasteiger partial charge in [0.15, 0.2) is 0 Å². The molecule has 0 radical (unpaired) electrons. The molecule has 21 heavy (non-hydrogen) atoms. The molecule has 0 aromatic heterocycles. The summed E-state index contributed by atoms with van der Waals surface area (Å²) in [5.41, 5.74) is 1.16. The van der Waals surface area contributed by atoms with Crippen molar-refractivity contribution in [1.82, 2.24) is 0 Å². The Kier molecular flexibility index (Phi) is 3.07. The van der Waals surface area contributed by atoms with Gasteiger partial charge in [-0.1, -0.05) is 12.2 Å². The SMILES string of the molecule is O=C(O)[C@H]1Nc2ccc(OC(F)(F)F)cc2[C@@H]2C=CC[C@H]12. The Balaban J connectivity index is 1.97. The fraction of sp³-hybridized carbons (Fsp3) is 0.357. The van der Waals surface area contributed by atoms with E-state index in [0.29, 0.717) is 17.7 Å². The van der Waals surface area contributed by atoms with E-state index < -0.39 is 18.4 Å². The first-order valence-corrected chi connectivity index (χ1v) is 6.41. The number of halogens is 3. The quantitative estimate of drug-likeness (QED) is 0.824. The molecule has 2 N–H and O–H groups in total. The highest BCUT2D eigenvalue weighted by Crippen LogP contribution is 2.45. The van der Waals surface area contributed by atoms with Crippen molar-refractivity contribution < 1.29 is 27.8 Å². The molecule has 0 saturated carbocycles. The van der Waals surface area contributed by atoms with Crippen LogP contribution < -0.4 is 10.1 Å². The number of benzene rings is 1. The van der Waals surface area contributed by atoms with Gasteiger partial charge in [-0.15, -0.1) is 13.2 Å². The number of anilines is 1. The number of rotatable bonds is 2. The zero-order valence-corrected chi connectivity index (χ0v) is 10.7. The first-order chi connectivity index (χ1) is 9.85. The second kappa shape index (κ2) is 4.68. The Labute approximate surface area is 118 Å². The van der Waals surface area contributed by atoms with Crippen LogP contribution in [0.3, 0.4) is 0 Å². The number of carboxylic acids is 1. The van der Waals surface area contributed by atoms with E-state index in [9.17, 15) is 23.1 Å². The third-order valence-electron chi connectivity index (χ3n) is 3.83. The number of hydrogen-bond donors (Lipinski definition) is 2. The van der Waals surface area contributed by atoms with Crippen molar-refractivity contribution in [3.05, 3.63) is 35.9 Å². The van der Waals surface area contributed by atoms with E-state index in [0.717, 1.165) is 0 Å². The molecule has 1 aliphatic heterocycles. The highest BCUT2D eigenvalue weighted by Gasteiger charge is 2.41. The first-order valence-electron chi connectivity index (χ1n) is 6.41. The molecule has 7 heteroatoms. The molecule has 1 heterocycles. The number of alkyl halides is 3. The van der Waals surface area contributed by atoms with Crippen LogP contribution in [0.2, 0.25) is 0 Å². The maximum absolute atomic E-state index is 12.3. The zero-order chi connectivity index (χ0) is 15.2. The van der Waals surface area contributed by atoms with Crippen LogP contribution in [0.4, 0.5) is 18.9 Å². The van der Waals surface area contributed by atoms with E-state index in [1.165, 1.54) is 18.2 Å². The first kappa shape index (κ1) is 13.8. The monoisotopic (exact) mass is 299 g/mol. The smallest absolute Gasteiger partial charge is 0.480 e. The van der Waals surface area contributed by atoms with Gasteiger partial charge in [-0.25, -0.2) is 4.79 Å². The molecule has 1 aromatic rings. The summed E-state index contributed by atoms with van der Waals surface area (Å²) in [6, 6.07) is 3.18. The number of carboxylic acid groups (broad SMARTS) is 1. The van der Waals surface area contributed by atoms with Gasteiger partial charge in [0, 0.05) is 17.5 Å². The molecular formula is C14H12F3NO3. The minimum atomic E-state index is -4.75. The van der Waals surface area contributed by atoms with Gasteiger partial charge in [0.25, 0.3) is 0 Å². The number of ether oxygens (including phenoxy) is 1. The van der Waals surface area contributed by atoms with Crippen LogP contribution in [-0.2, 0) is 4.79 Å². The molecule has 0 fully saturated rings. The largest absolute Gasteiger partial charge is 0.573 e. The molecule has 1 aromatic carbocycles. The van der Waals surface area contributed by atoms with Gasteiger partial charge in [-0.05, 0) is 30.2 Å². The molecule has 0 amide bonds. The predicted molar refractivity (Wildman–Crippen MR) is 68.2 cm³/mol. The summed E-state index contributed by atoms with van der Waals surface area (Å²) < 4.78 is 40.8. The molecule has 2 aliphatic rings. The summed E-state index contributed by atoms with van der Waals surface area (Å²) in [4.78, 5) is 11.3. The van der Waals surface area contributed by atoms with Gasteiger partial charge in [0.2, 0.25) is 0 Å². The lowest BCUT2D eigenvalue weighted by atomic mass is 9.79. The van der Waals surface area contributed by atoms with Gasteiger partial charge in [0.1, 0.15) is 11.8 Å². The van der Waals surface area contributed by atoms with Crippen molar-refractivity contribution >= 4 is 11.7 Å². The van der Waals surface area contributed by atoms with E-state index in [4.69, 9.17) is 0 Å². The van der Waals surface area contributed by atoms with Crippen LogP contribution >= 0.6 is 0 Å². The van der Waals surface area contributed by atoms with E-state index in [1.54, 1.807) is 0 Å². The lowest BCUT2D eigenvalue weighted by molar-refractivity contribution is -0.274. The predicted octanol–water partition coefficient (Wildman–Crippen LogP) is 3.12. The van der Waals surface area contributed by atoms with Crippen LogP contribution in [0, 0.1) is 5.92 Å². The molecule has 0 unspecified atom stereocenters. The average molecular weight is 299 g/mol. The topological polar surface area (TPSA) is 58.6 Å². The van der Waals surface area contributed by atoms with Crippen molar-refractivity contribution in [1.29, 1.82) is 0 Å². The Morgan fingerprint density at radius 2 is 2.14 bits per heavy atom. The number of fused-ring (bicyclic) bond motifs is 3. The molecule has 1 aliphatic carbocycles. The van der Waals surface area contributed by atoms with Crippen molar-refractivity contribution in [3.63, 3.8) is 0 Å². The molecular weight excluding hydrogens is 287 g/mol. The standard InChI is InChI=1S/C14H12F3NO3/c15-14(16,17)21-7-4-5-11-10(6-7)8-2-1-3-9(8)12(18-11)13(19)20/h1-2,4-6,8-9,12,18H,3H2,(H,19,20)/t8-,9+,12+/m1/s1. The van der Waals surface area contributed by atoms with E-state index in [2.05, 4.69) is 10.1 Å². The Bertz CT molecular complexity index is 612. The number of hydrogen-bond acceptors (Lipinski definition) is 3. The van der Waals surface area contributed by atoms with Crippen LogP contribution in [0.25, 0.3) is 0 Å². The van der Waals surface area contributed by atoms with E-state index in [-0.39, 0.29) is 17.6 Å². The molecule has 3 atom stereocenters. The molecule has 3 rings (SSSR count). The highest BCUT2D eigenvalue weighted by molar-refractivity contribution is 5.80. The maximum atomic E-state index is 12.3. The number of nitrogens with one attached hydrogen (secondary N) is 1. The average Bonchev–Trinajstić information content (AvgIpc) is 2.85. The van der Waals surface area contributed by atoms with Gasteiger partial charge >= 0.3 is 12.3 Å². The third kappa shape index (κ3) is 2.55. The fourth-order valence-corrected chi connectivity index (χ4v) is 3.01. The van der Waals surface area contributed by atoms with E-state index in [1.807, 2.05) is 12.2 Å². The molecule has 0 saturated heterocycles. The lowest BCUT2D eigenvalue weighted by Crippen LogP contribution is -2.41. The number of allylic oxidation sites excluding steroid dienone is 2. The van der Waals surface area contributed by atoms with Crippen molar-refractivity contribution in [2.24, 2.45) is 5.92 Å². The minimum absolute atomic E-state index is 0.198. The summed E-state index contributed by atoms with van der Waals surface area (Å²) >= 11 is 0. The van der Waals surface area contributed by atoms with Crippen LogP contribution in [-0.4, -0.2) is 23.5 Å². The highest BCUT2D eigenvalue weighted by atomic mass is 19.4. The number of carbonyl (C=O) groups is 1. The van der Waals surface area contributed by atoms with Crippen molar-refractivity contribution in [2.75, 3.05) is 5.32 Å². The molecule has 0 spiro atoms. The molecule has 4 nitrogen and oxygen atoms in total.